The van der Waals surface area contributed by atoms with Gasteiger partial charge in [-0.25, -0.2) is 18.4 Å². The highest BCUT2D eigenvalue weighted by atomic mass is 35.5. The van der Waals surface area contributed by atoms with Gasteiger partial charge in [0.15, 0.2) is 5.03 Å². The number of unbranched alkanes of at least 4 members (excludes halogenated alkanes) is 1. The highest BCUT2D eigenvalue weighted by molar-refractivity contribution is 7.89. The van der Waals surface area contributed by atoms with E-state index in [1.165, 1.54) is 54.2 Å². The molecule has 1 aliphatic carbocycles. The number of halogens is 1. The molecule has 0 radical (unpaired) electrons. The Kier molecular flexibility index (Phi) is 9.64. The summed E-state index contributed by atoms with van der Waals surface area (Å²) >= 11 is 0. The minimum Gasteiger partial charge on any atom is -0.480 e. The van der Waals surface area contributed by atoms with E-state index in [9.17, 15) is 13.2 Å². The van der Waals surface area contributed by atoms with Gasteiger partial charge in [-0.3, -0.25) is 4.79 Å². The number of benzene rings is 1. The number of carboxylic acids is 1. The number of nitrogens with zero attached hydrogens (tertiary/aromatic N) is 3. The van der Waals surface area contributed by atoms with E-state index in [4.69, 9.17) is 5.11 Å². The largest absolute Gasteiger partial charge is 0.480 e. The van der Waals surface area contributed by atoms with Crippen LogP contribution in [0, 0.1) is 0 Å². The van der Waals surface area contributed by atoms with Crippen molar-refractivity contribution in [3.8, 4) is 0 Å². The lowest BCUT2D eigenvalue weighted by molar-refractivity contribution is -0.134. The van der Waals surface area contributed by atoms with Crippen LogP contribution in [0.15, 0.2) is 71.9 Å². The van der Waals surface area contributed by atoms with Crippen LogP contribution >= 0.6 is 12.4 Å². The first kappa shape index (κ1) is 28.6. The molecule has 1 aliphatic rings. The Hall–Kier alpha value is -3.01. The topological polar surface area (TPSA) is 112 Å². The number of aromatic nitrogens is 2. The number of nitrogens with one attached hydrogen (secondary N) is 1. The molecule has 3 aromatic rings. The van der Waals surface area contributed by atoms with Crippen LogP contribution in [0.5, 0.6) is 0 Å². The van der Waals surface area contributed by atoms with Crippen molar-refractivity contribution in [1.29, 1.82) is 0 Å². The van der Waals surface area contributed by atoms with Gasteiger partial charge in [-0.15, -0.1) is 12.4 Å². The van der Waals surface area contributed by atoms with Gasteiger partial charge in [-0.2, -0.15) is 4.31 Å². The predicted molar refractivity (Wildman–Crippen MR) is 145 cm³/mol. The first-order valence-corrected chi connectivity index (χ1v) is 13.7. The second-order valence-electron chi connectivity index (χ2n) is 9.28. The van der Waals surface area contributed by atoms with Crippen molar-refractivity contribution in [2.24, 2.45) is 0 Å². The van der Waals surface area contributed by atoms with Gasteiger partial charge >= 0.3 is 5.97 Å². The van der Waals surface area contributed by atoms with E-state index >= 15 is 0 Å². The van der Waals surface area contributed by atoms with Gasteiger partial charge < -0.3 is 10.4 Å². The maximum atomic E-state index is 13.5. The van der Waals surface area contributed by atoms with Crippen LogP contribution in [0.1, 0.15) is 55.8 Å². The second kappa shape index (κ2) is 12.5. The zero-order chi connectivity index (χ0) is 25.6. The third-order valence-electron chi connectivity index (χ3n) is 6.60. The van der Waals surface area contributed by atoms with E-state index in [-0.39, 0.29) is 37.1 Å². The summed E-state index contributed by atoms with van der Waals surface area (Å²) in [6.45, 7) is 2.11. The van der Waals surface area contributed by atoms with E-state index in [0.29, 0.717) is 16.9 Å². The molecule has 37 heavy (non-hydrogen) atoms. The quantitative estimate of drug-likeness (QED) is 0.311. The van der Waals surface area contributed by atoms with Crippen LogP contribution < -0.4 is 5.32 Å². The standard InChI is InChI=1S/C27H32N4O4S.ClH/c1-2-3-14-27(15-16-27)22-12-10-21(11-13-22)19-31(36(34,35)25-9-4-5-17-28-25)20-23-7-6-8-24(30-23)29-18-26(32)33;/h4-13,17H,2-3,14-16,18-20H2,1H3,(H,29,30)(H,32,33);1H. The number of anilines is 1. The van der Waals surface area contributed by atoms with Crippen molar-refractivity contribution in [2.75, 3.05) is 11.9 Å². The summed E-state index contributed by atoms with van der Waals surface area (Å²) in [7, 11) is -3.91. The number of pyridine rings is 2. The highest BCUT2D eigenvalue weighted by Gasteiger charge is 2.43. The number of hydrogen-bond acceptors (Lipinski definition) is 6. The molecule has 0 saturated heterocycles. The number of rotatable bonds is 13. The third-order valence-corrected chi connectivity index (χ3v) is 8.30. The van der Waals surface area contributed by atoms with E-state index in [1.807, 2.05) is 12.1 Å². The van der Waals surface area contributed by atoms with Crippen LogP contribution in [0.25, 0.3) is 0 Å². The molecule has 0 aliphatic heterocycles. The number of aliphatic carboxylic acids is 1. The summed E-state index contributed by atoms with van der Waals surface area (Å²) in [5.74, 6) is -0.635. The van der Waals surface area contributed by atoms with E-state index in [1.54, 1.807) is 30.3 Å². The molecule has 4 rings (SSSR count). The van der Waals surface area contributed by atoms with E-state index in [2.05, 4.69) is 34.3 Å². The number of carboxylic acid groups (broad SMARTS) is 1. The molecule has 10 heteroatoms. The van der Waals surface area contributed by atoms with Gasteiger partial charge in [0.05, 0.1) is 12.2 Å². The maximum Gasteiger partial charge on any atom is 0.322 e. The van der Waals surface area contributed by atoms with E-state index in [0.717, 1.165) is 5.56 Å². The summed E-state index contributed by atoms with van der Waals surface area (Å²) in [5.41, 5.74) is 3.00. The van der Waals surface area contributed by atoms with Crippen molar-refractivity contribution >= 4 is 34.2 Å². The van der Waals surface area contributed by atoms with Crippen molar-refractivity contribution < 1.29 is 18.3 Å². The Bertz CT molecular complexity index is 1280. The smallest absolute Gasteiger partial charge is 0.322 e. The Morgan fingerprint density at radius 3 is 2.43 bits per heavy atom. The Morgan fingerprint density at radius 2 is 1.81 bits per heavy atom. The van der Waals surface area contributed by atoms with Gasteiger partial charge in [0, 0.05) is 12.7 Å². The Labute approximate surface area is 224 Å². The predicted octanol–water partition coefficient (Wildman–Crippen LogP) is 5.01. The molecule has 0 atom stereocenters. The molecule has 2 aromatic heterocycles. The van der Waals surface area contributed by atoms with Crippen molar-refractivity contribution in [1.82, 2.24) is 14.3 Å². The van der Waals surface area contributed by atoms with Crippen molar-refractivity contribution in [3.63, 3.8) is 0 Å². The van der Waals surface area contributed by atoms with Gasteiger partial charge in [-0.05, 0) is 60.1 Å². The summed E-state index contributed by atoms with van der Waals surface area (Å²) in [6, 6.07) is 18.2. The van der Waals surface area contributed by atoms with Crippen molar-refractivity contribution in [3.05, 3.63) is 83.7 Å². The first-order chi connectivity index (χ1) is 17.3. The van der Waals surface area contributed by atoms with Crippen LogP contribution in [0.4, 0.5) is 5.82 Å². The Morgan fingerprint density at radius 1 is 1.05 bits per heavy atom. The SMILES string of the molecule is CCCCC1(c2ccc(CN(Cc3cccc(NCC(=O)O)n3)S(=O)(=O)c3ccccn3)cc2)CC1.Cl. The summed E-state index contributed by atoms with van der Waals surface area (Å²) in [6.07, 6.45) is 7.47. The molecule has 1 saturated carbocycles. The summed E-state index contributed by atoms with van der Waals surface area (Å²) in [4.78, 5) is 19.4. The molecule has 0 bridgehead atoms. The lowest BCUT2D eigenvalue weighted by Crippen LogP contribution is -2.31. The van der Waals surface area contributed by atoms with E-state index < -0.39 is 16.0 Å². The fourth-order valence-electron chi connectivity index (χ4n) is 4.39. The van der Waals surface area contributed by atoms with Crippen LogP contribution in [-0.4, -0.2) is 40.3 Å². The second-order valence-corrected chi connectivity index (χ2v) is 11.2. The molecule has 198 valence electrons. The average molecular weight is 545 g/mol. The molecule has 1 aromatic carbocycles. The first-order valence-electron chi connectivity index (χ1n) is 12.2. The van der Waals surface area contributed by atoms with Crippen LogP contribution in [0.2, 0.25) is 0 Å². The molecular formula is C27H33ClN4O4S. The average Bonchev–Trinajstić information content (AvgIpc) is 3.68. The molecule has 0 amide bonds. The zero-order valence-electron chi connectivity index (χ0n) is 20.8. The molecule has 0 unspecified atom stereocenters. The number of carbonyl (C=O) groups is 1. The van der Waals surface area contributed by atoms with Gasteiger partial charge in [0.2, 0.25) is 0 Å². The fourth-order valence-corrected chi connectivity index (χ4v) is 5.72. The zero-order valence-corrected chi connectivity index (χ0v) is 22.5. The minimum atomic E-state index is -3.91. The number of sulfonamides is 1. The van der Waals surface area contributed by atoms with Gasteiger partial charge in [0.25, 0.3) is 10.0 Å². The van der Waals surface area contributed by atoms with Crippen LogP contribution in [0.3, 0.4) is 0 Å². The molecule has 0 spiro atoms. The Balaban J connectivity index is 0.00000380. The van der Waals surface area contributed by atoms with Gasteiger partial charge in [-0.1, -0.05) is 56.2 Å². The summed E-state index contributed by atoms with van der Waals surface area (Å²) in [5, 5.41) is 11.6. The van der Waals surface area contributed by atoms with Crippen molar-refractivity contribution in [2.45, 2.75) is 62.6 Å². The fraction of sp³-hybridized carbons (Fsp3) is 0.370. The molecule has 2 heterocycles. The third kappa shape index (κ3) is 7.28. The monoisotopic (exact) mass is 544 g/mol. The lowest BCUT2D eigenvalue weighted by atomic mass is 9.90. The lowest BCUT2D eigenvalue weighted by Gasteiger charge is -2.22. The van der Waals surface area contributed by atoms with Gasteiger partial charge in [0.1, 0.15) is 12.4 Å². The highest BCUT2D eigenvalue weighted by Crippen LogP contribution is 2.52. The minimum absolute atomic E-state index is 0. The summed E-state index contributed by atoms with van der Waals surface area (Å²) < 4.78 is 28.4. The molecule has 1 fully saturated rings. The molecule has 2 N–H and O–H groups in total. The number of hydrogen-bond donors (Lipinski definition) is 2. The molecular weight excluding hydrogens is 512 g/mol. The van der Waals surface area contributed by atoms with Crippen LogP contribution in [-0.2, 0) is 33.3 Å². The normalized spacial score (nSPS) is 14.1. The maximum absolute atomic E-state index is 13.5. The molecule has 8 nitrogen and oxygen atoms in total.